The number of amides is 1. The minimum atomic E-state index is -0.410. The number of likely N-dealkylation sites (tertiary alicyclic amines) is 1. The number of nitro groups is 1. The predicted molar refractivity (Wildman–Crippen MR) is 89.2 cm³/mol. The van der Waals surface area contributed by atoms with Gasteiger partial charge in [-0.25, -0.2) is 0 Å². The molecule has 0 bridgehead atoms. The largest absolute Gasteiger partial charge is 0.334 e. The van der Waals surface area contributed by atoms with E-state index in [9.17, 15) is 14.9 Å². The zero-order chi connectivity index (χ0) is 16.2. The number of nitro benzene ring substituents is 1. The molecule has 1 saturated heterocycles. The molecule has 5 nitrogen and oxygen atoms in total. The number of nitrogens with zero attached hydrogens (tertiary/aromatic N) is 2. The first-order valence-electron chi connectivity index (χ1n) is 7.63. The molecule has 6 heteroatoms. The molecule has 2 rings (SSSR count). The van der Waals surface area contributed by atoms with Gasteiger partial charge in [0.25, 0.3) is 10.9 Å². The molecule has 0 radical (unpaired) electrons. The highest BCUT2D eigenvalue weighted by Crippen LogP contribution is 2.38. The fourth-order valence-corrected chi connectivity index (χ4v) is 3.58. The minimum Gasteiger partial charge on any atom is -0.334 e. The lowest BCUT2D eigenvalue weighted by Crippen LogP contribution is -2.31. The van der Waals surface area contributed by atoms with Crippen LogP contribution in [-0.2, 0) is 4.75 Å². The van der Waals surface area contributed by atoms with Gasteiger partial charge in [-0.15, -0.1) is 0 Å². The molecule has 0 saturated carbocycles. The van der Waals surface area contributed by atoms with Crippen LogP contribution in [0, 0.1) is 10.1 Å². The first kappa shape index (κ1) is 16.8. The third kappa shape index (κ3) is 4.22. The second-order valence-corrected chi connectivity index (χ2v) is 7.66. The quantitative estimate of drug-likeness (QED) is 0.604. The average molecular weight is 322 g/mol. The van der Waals surface area contributed by atoms with Crippen LogP contribution < -0.4 is 0 Å². The van der Waals surface area contributed by atoms with Gasteiger partial charge < -0.3 is 4.90 Å². The molecular formula is C16H22N2O3S. The number of benzene rings is 1. The summed E-state index contributed by atoms with van der Waals surface area (Å²) >= 11 is 1.30. The first-order chi connectivity index (χ1) is 10.4. The van der Waals surface area contributed by atoms with Crippen LogP contribution in [-0.4, -0.2) is 28.2 Å². The van der Waals surface area contributed by atoms with E-state index in [1.54, 1.807) is 12.1 Å². The Morgan fingerprint density at radius 2 is 1.68 bits per heavy atom. The zero-order valence-corrected chi connectivity index (χ0v) is 13.9. The highest BCUT2D eigenvalue weighted by Gasteiger charge is 2.28. The zero-order valence-electron chi connectivity index (χ0n) is 13.1. The number of rotatable bonds is 3. The topological polar surface area (TPSA) is 63.5 Å². The van der Waals surface area contributed by atoms with Crippen molar-refractivity contribution < 1.29 is 9.72 Å². The van der Waals surface area contributed by atoms with Gasteiger partial charge in [0.2, 0.25) is 0 Å². The SMILES string of the molecule is CC(C)(SC(=O)N1CCCCCC1)c1ccc([N+](=O)[O-])cc1. The Bertz CT molecular complexity index is 535. The Kier molecular flexibility index (Phi) is 5.45. The molecule has 0 spiro atoms. The molecule has 0 atom stereocenters. The molecule has 120 valence electrons. The second kappa shape index (κ2) is 7.13. The van der Waals surface area contributed by atoms with Crippen molar-refractivity contribution in [3.8, 4) is 0 Å². The summed E-state index contributed by atoms with van der Waals surface area (Å²) in [4.78, 5) is 24.7. The van der Waals surface area contributed by atoms with Crippen molar-refractivity contribution in [3.05, 3.63) is 39.9 Å². The maximum absolute atomic E-state index is 12.5. The number of hydrogen-bond donors (Lipinski definition) is 0. The molecule has 1 amide bonds. The lowest BCUT2D eigenvalue weighted by molar-refractivity contribution is -0.384. The highest BCUT2D eigenvalue weighted by atomic mass is 32.2. The van der Waals surface area contributed by atoms with Crippen molar-refractivity contribution in [1.29, 1.82) is 0 Å². The Morgan fingerprint density at radius 1 is 1.14 bits per heavy atom. The van der Waals surface area contributed by atoms with Gasteiger partial charge in [-0.2, -0.15) is 0 Å². The van der Waals surface area contributed by atoms with Crippen LogP contribution >= 0.6 is 11.8 Å². The number of carbonyl (C=O) groups is 1. The van der Waals surface area contributed by atoms with Gasteiger partial charge in [0, 0.05) is 30.0 Å². The van der Waals surface area contributed by atoms with E-state index >= 15 is 0 Å². The van der Waals surface area contributed by atoms with Gasteiger partial charge in [0.05, 0.1) is 4.92 Å². The van der Waals surface area contributed by atoms with E-state index in [4.69, 9.17) is 0 Å². The molecule has 0 unspecified atom stereocenters. The van der Waals surface area contributed by atoms with Crippen LogP contribution in [0.1, 0.15) is 45.1 Å². The number of non-ortho nitro benzene ring substituents is 1. The van der Waals surface area contributed by atoms with Gasteiger partial charge in [-0.1, -0.05) is 36.7 Å². The summed E-state index contributed by atoms with van der Waals surface area (Å²) in [6, 6.07) is 6.46. The number of thioether (sulfide) groups is 1. The van der Waals surface area contributed by atoms with Crippen LogP contribution in [0.15, 0.2) is 24.3 Å². The summed E-state index contributed by atoms with van der Waals surface area (Å²) < 4.78 is -0.404. The van der Waals surface area contributed by atoms with E-state index in [0.717, 1.165) is 31.5 Å². The van der Waals surface area contributed by atoms with Gasteiger partial charge in [-0.3, -0.25) is 14.9 Å². The van der Waals surface area contributed by atoms with Crippen molar-refractivity contribution in [2.75, 3.05) is 13.1 Å². The van der Waals surface area contributed by atoms with Crippen LogP contribution in [0.2, 0.25) is 0 Å². The van der Waals surface area contributed by atoms with Crippen molar-refractivity contribution in [2.24, 2.45) is 0 Å². The van der Waals surface area contributed by atoms with E-state index < -0.39 is 9.67 Å². The molecule has 1 fully saturated rings. The van der Waals surface area contributed by atoms with Gasteiger partial charge in [0.15, 0.2) is 0 Å². The van der Waals surface area contributed by atoms with Crippen LogP contribution in [0.25, 0.3) is 0 Å². The van der Waals surface area contributed by atoms with Gasteiger partial charge in [-0.05, 0) is 32.3 Å². The monoisotopic (exact) mass is 322 g/mol. The second-order valence-electron chi connectivity index (χ2n) is 6.08. The maximum atomic E-state index is 12.5. The summed E-state index contributed by atoms with van der Waals surface area (Å²) in [6.45, 7) is 5.63. The van der Waals surface area contributed by atoms with E-state index in [1.807, 2.05) is 18.7 Å². The highest BCUT2D eigenvalue weighted by molar-refractivity contribution is 8.14. The third-order valence-electron chi connectivity index (χ3n) is 3.98. The van der Waals surface area contributed by atoms with Crippen LogP contribution in [0.3, 0.4) is 0 Å². The molecule has 22 heavy (non-hydrogen) atoms. The number of carbonyl (C=O) groups excluding carboxylic acids is 1. The summed E-state index contributed by atoms with van der Waals surface area (Å²) in [7, 11) is 0. The molecule has 1 aliphatic rings. The third-order valence-corrected chi connectivity index (χ3v) is 5.16. The molecule has 1 aromatic rings. The van der Waals surface area contributed by atoms with Gasteiger partial charge in [0.1, 0.15) is 0 Å². The predicted octanol–water partition coefficient (Wildman–Crippen LogP) is 4.56. The minimum absolute atomic E-state index is 0.0726. The lowest BCUT2D eigenvalue weighted by Gasteiger charge is -2.28. The van der Waals surface area contributed by atoms with E-state index in [-0.39, 0.29) is 10.9 Å². The van der Waals surface area contributed by atoms with Crippen LogP contribution in [0.5, 0.6) is 0 Å². The molecule has 0 N–H and O–H groups in total. The summed E-state index contributed by atoms with van der Waals surface area (Å²) in [5, 5.41) is 10.8. The fraction of sp³-hybridized carbons (Fsp3) is 0.562. The summed E-state index contributed by atoms with van der Waals surface area (Å²) in [5.41, 5.74) is 0.995. The van der Waals surface area contributed by atoms with Gasteiger partial charge >= 0.3 is 0 Å². The summed E-state index contributed by atoms with van der Waals surface area (Å²) in [5.74, 6) is 0. The van der Waals surface area contributed by atoms with Crippen LogP contribution in [0.4, 0.5) is 10.5 Å². The van der Waals surface area contributed by atoms with Crippen molar-refractivity contribution in [1.82, 2.24) is 4.90 Å². The normalized spacial score (nSPS) is 16.2. The van der Waals surface area contributed by atoms with Crippen molar-refractivity contribution >= 4 is 22.7 Å². The molecule has 1 aliphatic heterocycles. The summed E-state index contributed by atoms with van der Waals surface area (Å²) in [6.07, 6.45) is 4.54. The number of hydrogen-bond acceptors (Lipinski definition) is 4. The molecule has 1 aromatic carbocycles. The molecular weight excluding hydrogens is 300 g/mol. The average Bonchev–Trinajstić information content (AvgIpc) is 2.76. The molecule has 1 heterocycles. The first-order valence-corrected chi connectivity index (χ1v) is 8.45. The van der Waals surface area contributed by atoms with Crippen molar-refractivity contribution in [2.45, 2.75) is 44.3 Å². The Morgan fingerprint density at radius 3 is 2.18 bits per heavy atom. The molecule has 0 aliphatic carbocycles. The lowest BCUT2D eigenvalue weighted by atomic mass is 10.0. The van der Waals surface area contributed by atoms with E-state index in [0.29, 0.717) is 0 Å². The van der Waals surface area contributed by atoms with E-state index in [2.05, 4.69) is 0 Å². The maximum Gasteiger partial charge on any atom is 0.282 e. The van der Waals surface area contributed by atoms with Crippen molar-refractivity contribution in [3.63, 3.8) is 0 Å². The smallest absolute Gasteiger partial charge is 0.282 e. The Balaban J connectivity index is 2.05. The standard InChI is InChI=1S/C16H22N2O3S/c1-16(2,13-7-9-14(10-8-13)18(20)21)22-15(19)17-11-5-3-4-6-12-17/h7-10H,3-6,11-12H2,1-2H3. The Hall–Kier alpha value is -1.56. The van der Waals surface area contributed by atoms with E-state index in [1.165, 1.54) is 36.7 Å². The Labute approximate surface area is 135 Å². The fourth-order valence-electron chi connectivity index (χ4n) is 2.58. The molecule has 0 aromatic heterocycles.